The lowest BCUT2D eigenvalue weighted by atomic mass is 10.1. The van der Waals surface area contributed by atoms with Gasteiger partial charge in [-0.15, -0.1) is 10.2 Å². The summed E-state index contributed by atoms with van der Waals surface area (Å²) in [6.45, 7) is 5.34. The largest absolute Gasteiger partial charge is 0.486 e. The highest BCUT2D eigenvalue weighted by Gasteiger charge is 2.25. The summed E-state index contributed by atoms with van der Waals surface area (Å²) in [7, 11) is 0. The highest BCUT2D eigenvalue weighted by Crippen LogP contribution is 2.31. The van der Waals surface area contributed by atoms with E-state index >= 15 is 0 Å². The SMILES string of the molecule is CCN(C[C@@H]1COc2ccccc2O1)C(=O)Cn1nnc(-c2ccccc2C)n1. The first kappa shape index (κ1) is 18.9. The number of para-hydroxylation sites is 2. The van der Waals surface area contributed by atoms with Gasteiger partial charge in [-0.2, -0.15) is 4.80 Å². The Kier molecular flexibility index (Phi) is 5.41. The molecule has 1 aliphatic rings. The number of fused-ring (bicyclic) bond motifs is 1. The number of likely N-dealkylation sites (N-methyl/N-ethyl adjacent to an activating group) is 1. The van der Waals surface area contributed by atoms with Gasteiger partial charge in [-0.05, 0) is 36.8 Å². The van der Waals surface area contributed by atoms with Crippen molar-refractivity contribution in [2.75, 3.05) is 19.7 Å². The van der Waals surface area contributed by atoms with E-state index < -0.39 is 0 Å². The minimum Gasteiger partial charge on any atom is -0.486 e. The van der Waals surface area contributed by atoms with Crippen LogP contribution in [0.25, 0.3) is 11.4 Å². The number of benzene rings is 2. The molecule has 8 heteroatoms. The van der Waals surface area contributed by atoms with Crippen molar-refractivity contribution >= 4 is 5.91 Å². The molecule has 1 aromatic heterocycles. The molecule has 1 amide bonds. The lowest BCUT2D eigenvalue weighted by Gasteiger charge is -2.30. The molecule has 2 heterocycles. The van der Waals surface area contributed by atoms with E-state index in [1.165, 1.54) is 4.80 Å². The third-order valence-corrected chi connectivity index (χ3v) is 4.84. The van der Waals surface area contributed by atoms with Crippen molar-refractivity contribution in [2.45, 2.75) is 26.5 Å². The predicted molar refractivity (Wildman–Crippen MR) is 107 cm³/mol. The average molecular weight is 393 g/mol. The second-order valence-corrected chi connectivity index (χ2v) is 6.89. The van der Waals surface area contributed by atoms with Crippen molar-refractivity contribution in [1.29, 1.82) is 0 Å². The number of carbonyl (C=O) groups excluding carboxylic acids is 1. The summed E-state index contributed by atoms with van der Waals surface area (Å²) < 4.78 is 11.7. The zero-order chi connectivity index (χ0) is 20.2. The summed E-state index contributed by atoms with van der Waals surface area (Å²) in [5.41, 5.74) is 1.97. The molecule has 8 nitrogen and oxygen atoms in total. The standard InChI is InChI=1S/C21H23N5O3/c1-3-25(12-16-14-28-18-10-6-7-11-19(18)29-16)20(27)13-26-23-21(22-24-26)17-9-5-4-8-15(17)2/h4-11,16H,3,12-14H2,1-2H3/t16-/m1/s1. The van der Waals surface area contributed by atoms with E-state index in [2.05, 4.69) is 15.4 Å². The molecule has 0 unspecified atom stereocenters. The van der Waals surface area contributed by atoms with E-state index in [9.17, 15) is 4.79 Å². The Hall–Kier alpha value is -3.42. The van der Waals surface area contributed by atoms with Crippen LogP contribution in [-0.2, 0) is 11.3 Å². The molecule has 0 fully saturated rings. The van der Waals surface area contributed by atoms with E-state index in [4.69, 9.17) is 9.47 Å². The maximum atomic E-state index is 12.8. The molecule has 0 radical (unpaired) electrons. The number of hydrogen-bond acceptors (Lipinski definition) is 6. The number of rotatable bonds is 6. The first-order chi connectivity index (χ1) is 14.1. The normalized spacial score (nSPS) is 15.2. The summed E-state index contributed by atoms with van der Waals surface area (Å²) in [4.78, 5) is 15.8. The van der Waals surface area contributed by atoms with E-state index in [-0.39, 0.29) is 18.6 Å². The van der Waals surface area contributed by atoms with Crippen molar-refractivity contribution in [2.24, 2.45) is 0 Å². The molecule has 150 valence electrons. The van der Waals surface area contributed by atoms with E-state index in [1.807, 2.05) is 62.4 Å². The van der Waals surface area contributed by atoms with Crippen LogP contribution in [0.5, 0.6) is 11.5 Å². The summed E-state index contributed by atoms with van der Waals surface area (Å²) in [5, 5.41) is 12.5. The highest BCUT2D eigenvalue weighted by molar-refractivity contribution is 5.75. The molecule has 1 atom stereocenters. The number of aryl methyl sites for hydroxylation is 1. The van der Waals surface area contributed by atoms with Crippen LogP contribution in [0.15, 0.2) is 48.5 Å². The van der Waals surface area contributed by atoms with Crippen LogP contribution in [0, 0.1) is 6.92 Å². The van der Waals surface area contributed by atoms with Gasteiger partial charge in [-0.25, -0.2) is 0 Å². The highest BCUT2D eigenvalue weighted by atomic mass is 16.6. The minimum atomic E-state index is -0.222. The third-order valence-electron chi connectivity index (χ3n) is 4.84. The van der Waals surface area contributed by atoms with Crippen LogP contribution >= 0.6 is 0 Å². The third kappa shape index (κ3) is 4.21. The number of amides is 1. The lowest BCUT2D eigenvalue weighted by Crippen LogP contribution is -2.44. The minimum absolute atomic E-state index is 0.0247. The van der Waals surface area contributed by atoms with Crippen LogP contribution < -0.4 is 9.47 Å². The van der Waals surface area contributed by atoms with Crippen molar-refractivity contribution in [1.82, 2.24) is 25.1 Å². The molecule has 3 aromatic rings. The maximum absolute atomic E-state index is 12.8. The lowest BCUT2D eigenvalue weighted by molar-refractivity contribution is -0.133. The molecule has 29 heavy (non-hydrogen) atoms. The number of carbonyl (C=O) groups is 1. The van der Waals surface area contributed by atoms with Gasteiger partial charge >= 0.3 is 0 Å². The van der Waals surface area contributed by atoms with Gasteiger partial charge in [-0.3, -0.25) is 4.79 Å². The van der Waals surface area contributed by atoms with Gasteiger partial charge < -0.3 is 14.4 Å². The number of aromatic nitrogens is 4. The summed E-state index contributed by atoms with van der Waals surface area (Å²) in [6.07, 6.45) is -0.222. The molecule has 0 N–H and O–H groups in total. The summed E-state index contributed by atoms with van der Waals surface area (Å²) in [5.74, 6) is 1.85. The second-order valence-electron chi connectivity index (χ2n) is 6.89. The molecule has 0 saturated carbocycles. The first-order valence-corrected chi connectivity index (χ1v) is 9.64. The second kappa shape index (κ2) is 8.30. The van der Waals surface area contributed by atoms with E-state index in [0.717, 1.165) is 16.9 Å². The molecule has 0 saturated heterocycles. The van der Waals surface area contributed by atoms with Gasteiger partial charge in [0.2, 0.25) is 11.7 Å². The Morgan fingerprint density at radius 1 is 1.17 bits per heavy atom. The van der Waals surface area contributed by atoms with Crippen LogP contribution in [0.3, 0.4) is 0 Å². The van der Waals surface area contributed by atoms with Crippen molar-refractivity contribution in [3.05, 3.63) is 54.1 Å². The number of nitrogens with zero attached hydrogens (tertiary/aromatic N) is 5. The van der Waals surface area contributed by atoms with Crippen LogP contribution in [0.1, 0.15) is 12.5 Å². The molecule has 1 aliphatic heterocycles. The number of hydrogen-bond donors (Lipinski definition) is 0. The molecule has 4 rings (SSSR count). The Morgan fingerprint density at radius 3 is 2.72 bits per heavy atom. The molecule has 0 bridgehead atoms. The van der Waals surface area contributed by atoms with Crippen LogP contribution in [0.2, 0.25) is 0 Å². The fraction of sp³-hybridized carbons (Fsp3) is 0.333. The Labute approximate surface area is 169 Å². The van der Waals surface area contributed by atoms with E-state index in [1.54, 1.807) is 4.90 Å². The summed E-state index contributed by atoms with van der Waals surface area (Å²) >= 11 is 0. The number of ether oxygens (including phenoxy) is 2. The van der Waals surface area contributed by atoms with Gasteiger partial charge in [0, 0.05) is 12.1 Å². The molecule has 0 aliphatic carbocycles. The van der Waals surface area contributed by atoms with Crippen molar-refractivity contribution in [3.8, 4) is 22.9 Å². The average Bonchev–Trinajstić information content (AvgIpc) is 3.20. The van der Waals surface area contributed by atoms with Crippen LogP contribution in [-0.4, -0.2) is 56.8 Å². The maximum Gasteiger partial charge on any atom is 0.246 e. The van der Waals surface area contributed by atoms with Gasteiger partial charge in [0.15, 0.2) is 17.6 Å². The fourth-order valence-corrected chi connectivity index (χ4v) is 3.27. The first-order valence-electron chi connectivity index (χ1n) is 9.64. The Morgan fingerprint density at radius 2 is 1.93 bits per heavy atom. The monoisotopic (exact) mass is 393 g/mol. The van der Waals surface area contributed by atoms with Gasteiger partial charge in [0.05, 0.1) is 6.54 Å². The molecule has 0 spiro atoms. The van der Waals surface area contributed by atoms with Crippen molar-refractivity contribution < 1.29 is 14.3 Å². The molecular formula is C21H23N5O3. The molecular weight excluding hydrogens is 370 g/mol. The quantitative estimate of drug-likeness (QED) is 0.639. The number of tetrazole rings is 1. The van der Waals surface area contributed by atoms with Gasteiger partial charge in [0.1, 0.15) is 13.2 Å². The Bertz CT molecular complexity index is 1000. The zero-order valence-electron chi connectivity index (χ0n) is 16.5. The van der Waals surface area contributed by atoms with Gasteiger partial charge in [0.25, 0.3) is 0 Å². The zero-order valence-corrected chi connectivity index (χ0v) is 16.5. The smallest absolute Gasteiger partial charge is 0.246 e. The topological polar surface area (TPSA) is 82.4 Å². The molecule has 2 aromatic carbocycles. The predicted octanol–water partition coefficient (Wildman–Crippen LogP) is 2.34. The van der Waals surface area contributed by atoms with E-state index in [0.29, 0.717) is 31.3 Å². The fourth-order valence-electron chi connectivity index (χ4n) is 3.27. The summed E-state index contributed by atoms with van der Waals surface area (Å²) in [6, 6.07) is 15.4. The van der Waals surface area contributed by atoms with Crippen molar-refractivity contribution in [3.63, 3.8) is 0 Å². The Balaban J connectivity index is 1.39. The van der Waals surface area contributed by atoms with Gasteiger partial charge in [-0.1, -0.05) is 36.4 Å². The van der Waals surface area contributed by atoms with Crippen LogP contribution in [0.4, 0.5) is 0 Å².